The predicted molar refractivity (Wildman–Crippen MR) is 241 cm³/mol. The molecular formula is C47H58N8O11. The maximum absolute atomic E-state index is 14.2. The van der Waals surface area contributed by atoms with Crippen molar-refractivity contribution in [1.82, 2.24) is 40.4 Å². The Morgan fingerprint density at radius 3 is 1.94 bits per heavy atom. The van der Waals surface area contributed by atoms with Crippen LogP contribution in [0.15, 0.2) is 48.7 Å². The molecule has 1 unspecified atom stereocenters. The maximum Gasteiger partial charge on any atom is 0.407 e. The number of benzene rings is 3. The minimum absolute atomic E-state index is 0.0468. The summed E-state index contributed by atoms with van der Waals surface area (Å²) in [5.74, 6) is 1.49. The lowest BCUT2D eigenvalue weighted by Crippen LogP contribution is -2.54. The number of hydrogen-bond acceptors (Lipinski definition) is 13. The van der Waals surface area contributed by atoms with Gasteiger partial charge in [0.2, 0.25) is 11.8 Å². The number of fused-ring (bicyclic) bond motifs is 6. The fraction of sp³-hybridized carbons (Fsp3) is 0.489. The molecule has 352 valence electrons. The number of aromatic nitrogens is 4. The Bertz CT molecular complexity index is 2600. The first-order valence-electron chi connectivity index (χ1n) is 22.0. The lowest BCUT2D eigenvalue weighted by molar-refractivity contribution is -0.138. The number of amides is 4. The van der Waals surface area contributed by atoms with E-state index in [2.05, 4.69) is 38.8 Å². The quantitative estimate of drug-likeness (QED) is 0.106. The standard InChI is InChI=1S/C47H58N8O11/c1-24(62-5)39(52-46(58)64-7)44(56)54-19-26(21-60-3)13-36(54)42-48-18-35(50-42)29-9-11-31-30(15-29)23-66-38-17-32-28(16-33(31)38)10-12-34-41(32)51-43(49-34)37-14-27(22-61-4)20-55(37)45(57)40(25(2)63-6)53-47(59)65-8/h9-12,15-18,24-27,36-37,39-40H,13-14,19-23H2,1-8H3,(H,48,50)(H,49,51)(H,52,58)(H,53,59)/t24-,25-,26+,27?,36+,37+,39+,40+/m1/s1. The van der Waals surface area contributed by atoms with Crippen LogP contribution in [0, 0.1) is 11.8 Å². The molecule has 3 aliphatic heterocycles. The van der Waals surface area contributed by atoms with Crippen LogP contribution in [-0.4, -0.2) is 147 Å². The molecule has 66 heavy (non-hydrogen) atoms. The van der Waals surface area contributed by atoms with Gasteiger partial charge in [0.25, 0.3) is 0 Å². The van der Waals surface area contributed by atoms with Crippen LogP contribution < -0.4 is 15.4 Å². The van der Waals surface area contributed by atoms with Gasteiger partial charge in [-0.3, -0.25) is 9.59 Å². The minimum atomic E-state index is -0.978. The number of rotatable bonds is 15. The zero-order valence-corrected chi connectivity index (χ0v) is 38.5. The molecule has 0 spiro atoms. The first-order valence-corrected chi connectivity index (χ1v) is 22.0. The number of likely N-dealkylation sites (tertiary alicyclic amines) is 2. The van der Waals surface area contributed by atoms with E-state index in [1.165, 1.54) is 28.4 Å². The molecule has 5 heterocycles. The van der Waals surface area contributed by atoms with Crippen molar-refractivity contribution in [2.24, 2.45) is 11.8 Å². The largest absolute Gasteiger partial charge is 0.488 e. The van der Waals surface area contributed by atoms with E-state index in [-0.39, 0.29) is 23.7 Å². The van der Waals surface area contributed by atoms with Crippen molar-refractivity contribution in [3.63, 3.8) is 0 Å². The summed E-state index contributed by atoms with van der Waals surface area (Å²) >= 11 is 0. The molecule has 0 saturated carbocycles. The summed E-state index contributed by atoms with van der Waals surface area (Å²) in [4.78, 5) is 73.1. The smallest absolute Gasteiger partial charge is 0.407 e. The van der Waals surface area contributed by atoms with Crippen LogP contribution in [0.5, 0.6) is 5.75 Å². The maximum atomic E-state index is 14.2. The van der Waals surface area contributed by atoms with Crippen molar-refractivity contribution in [1.29, 1.82) is 0 Å². The highest BCUT2D eigenvalue weighted by Crippen LogP contribution is 2.44. The highest BCUT2D eigenvalue weighted by molar-refractivity contribution is 6.07. The number of carbonyl (C=O) groups excluding carboxylic acids is 4. The molecule has 4 N–H and O–H groups in total. The van der Waals surface area contributed by atoms with Gasteiger partial charge in [-0.2, -0.15) is 0 Å². The van der Waals surface area contributed by atoms with E-state index in [4.69, 9.17) is 43.1 Å². The number of nitrogens with zero attached hydrogens (tertiary/aromatic N) is 4. The van der Waals surface area contributed by atoms with Crippen LogP contribution in [0.25, 0.3) is 44.2 Å². The number of ether oxygens (including phenoxy) is 7. The van der Waals surface area contributed by atoms with Gasteiger partial charge < -0.3 is 63.6 Å². The van der Waals surface area contributed by atoms with E-state index in [9.17, 15) is 19.2 Å². The Morgan fingerprint density at radius 2 is 1.36 bits per heavy atom. The Morgan fingerprint density at radius 1 is 0.758 bits per heavy atom. The molecule has 8 rings (SSSR count). The second kappa shape index (κ2) is 19.7. The number of aromatic amines is 2. The van der Waals surface area contributed by atoms with Gasteiger partial charge in [0, 0.05) is 64.3 Å². The van der Waals surface area contributed by atoms with E-state index in [0.29, 0.717) is 57.4 Å². The normalized spacial score (nSPS) is 20.8. The topological polar surface area (TPSA) is 221 Å². The highest BCUT2D eigenvalue weighted by Gasteiger charge is 2.44. The van der Waals surface area contributed by atoms with Crippen LogP contribution in [0.4, 0.5) is 9.59 Å². The average Bonchev–Trinajstić information content (AvgIpc) is 4.17. The zero-order valence-electron chi connectivity index (χ0n) is 38.5. The van der Waals surface area contributed by atoms with Crippen LogP contribution in [0.1, 0.15) is 56.0 Å². The third-order valence-corrected chi connectivity index (χ3v) is 13.2. The summed E-state index contributed by atoms with van der Waals surface area (Å²) in [6, 6.07) is 11.7. The van der Waals surface area contributed by atoms with Crippen molar-refractivity contribution in [2.75, 3.05) is 69.0 Å². The van der Waals surface area contributed by atoms with Crippen LogP contribution in [-0.2, 0) is 44.6 Å². The Hall–Kier alpha value is -6.28. The van der Waals surface area contributed by atoms with Crippen molar-refractivity contribution in [2.45, 2.75) is 69.7 Å². The molecular weight excluding hydrogens is 853 g/mol. The molecule has 19 nitrogen and oxygen atoms in total. The molecule has 2 aromatic heterocycles. The molecule has 5 aromatic rings. The first-order chi connectivity index (χ1) is 31.9. The SMILES string of the molecule is COCC1C[C@@H](c2nc3ccc4cc5c(cc4c3[nH]2)OCc2cc(-c3cnc([C@@H]4C[C@H](COC)CN4C(=O)[C@@H](NC(=O)OC)[C@@H](C)OC)[nH]3)ccc2-5)N(C(=O)[C@@H](NC(=O)OC)[C@@H](C)OC)C1. The van der Waals surface area contributed by atoms with E-state index >= 15 is 0 Å². The number of methoxy groups -OCH3 is 6. The second-order valence-electron chi connectivity index (χ2n) is 17.2. The van der Waals surface area contributed by atoms with Gasteiger partial charge in [-0.15, -0.1) is 0 Å². The Balaban J connectivity index is 1.06. The van der Waals surface area contributed by atoms with E-state index in [1.54, 1.807) is 44.1 Å². The Labute approximate surface area is 382 Å². The molecule has 0 radical (unpaired) electrons. The molecule has 3 aromatic carbocycles. The lowest BCUT2D eigenvalue weighted by atomic mass is 9.92. The molecule has 0 aliphatic carbocycles. The third kappa shape index (κ3) is 8.99. The van der Waals surface area contributed by atoms with Crippen LogP contribution >= 0.6 is 0 Å². The number of hydrogen-bond donors (Lipinski definition) is 4. The van der Waals surface area contributed by atoms with Gasteiger partial charge in [0.1, 0.15) is 36.1 Å². The van der Waals surface area contributed by atoms with E-state index in [1.807, 2.05) is 24.3 Å². The average molecular weight is 911 g/mol. The fourth-order valence-electron chi connectivity index (χ4n) is 9.62. The van der Waals surface area contributed by atoms with Crippen LogP contribution in [0.2, 0.25) is 0 Å². The van der Waals surface area contributed by atoms with E-state index in [0.717, 1.165) is 55.5 Å². The van der Waals surface area contributed by atoms with Gasteiger partial charge in [-0.25, -0.2) is 19.6 Å². The number of imidazole rings is 2. The first kappa shape index (κ1) is 46.3. The van der Waals surface area contributed by atoms with Crippen molar-refractivity contribution in [3.8, 4) is 28.1 Å². The minimum Gasteiger partial charge on any atom is -0.488 e. The van der Waals surface area contributed by atoms with Gasteiger partial charge in [0.15, 0.2) is 0 Å². The molecule has 0 bridgehead atoms. The number of nitrogens with one attached hydrogen (secondary N) is 4. The summed E-state index contributed by atoms with van der Waals surface area (Å²) < 4.78 is 38.0. The van der Waals surface area contributed by atoms with Gasteiger partial charge in [-0.1, -0.05) is 18.2 Å². The zero-order chi connectivity index (χ0) is 46.8. The van der Waals surface area contributed by atoms with Gasteiger partial charge in [0.05, 0.1) is 74.6 Å². The summed E-state index contributed by atoms with van der Waals surface area (Å²) in [5, 5.41) is 7.21. The van der Waals surface area contributed by atoms with Crippen LogP contribution in [0.3, 0.4) is 0 Å². The van der Waals surface area contributed by atoms with Crippen molar-refractivity contribution >= 4 is 45.8 Å². The fourth-order valence-corrected chi connectivity index (χ4v) is 9.62. The molecule has 4 amide bonds. The molecule has 2 fully saturated rings. The molecule has 8 atom stereocenters. The summed E-state index contributed by atoms with van der Waals surface area (Å²) in [7, 11) is 8.76. The molecule has 2 saturated heterocycles. The summed E-state index contributed by atoms with van der Waals surface area (Å²) in [6.07, 6.45) is 0.318. The number of H-pyrrole nitrogens is 2. The number of alkyl carbamates (subject to hydrolysis) is 2. The van der Waals surface area contributed by atoms with Crippen molar-refractivity contribution < 1.29 is 52.3 Å². The lowest BCUT2D eigenvalue weighted by Gasteiger charge is -2.30. The summed E-state index contributed by atoms with van der Waals surface area (Å²) in [5.41, 5.74) is 6.26. The molecule has 3 aliphatic rings. The third-order valence-electron chi connectivity index (χ3n) is 13.2. The van der Waals surface area contributed by atoms with Crippen molar-refractivity contribution in [3.05, 3.63) is 65.9 Å². The molecule has 19 heteroatoms. The monoisotopic (exact) mass is 910 g/mol. The Kier molecular flexibility index (Phi) is 13.8. The number of carbonyl (C=O) groups is 4. The highest BCUT2D eigenvalue weighted by atomic mass is 16.5. The van der Waals surface area contributed by atoms with E-state index < -0.39 is 48.6 Å². The second-order valence-corrected chi connectivity index (χ2v) is 17.2. The van der Waals surface area contributed by atoms with Gasteiger partial charge >= 0.3 is 12.2 Å². The summed E-state index contributed by atoms with van der Waals surface area (Å²) in [6.45, 7) is 5.54. The predicted octanol–water partition coefficient (Wildman–Crippen LogP) is 5.26. The van der Waals surface area contributed by atoms with Gasteiger partial charge in [-0.05, 0) is 73.0 Å².